The van der Waals surface area contributed by atoms with Crippen LogP contribution in [-0.4, -0.2) is 30.7 Å². The van der Waals surface area contributed by atoms with Gasteiger partial charge in [0.05, 0.1) is 6.61 Å². The Bertz CT molecular complexity index is 568. The fourth-order valence-corrected chi connectivity index (χ4v) is 3.66. The molecule has 2 rings (SSSR count). The molecule has 1 aromatic carbocycles. The summed E-state index contributed by atoms with van der Waals surface area (Å²) in [6.45, 7) is 11.9. The Morgan fingerprint density at radius 1 is 1.48 bits per heavy atom. The molecule has 4 nitrogen and oxygen atoms in total. The maximum Gasteiger partial charge on any atom is 0.322 e. The van der Waals surface area contributed by atoms with E-state index in [-0.39, 0.29) is 11.5 Å². The molecular weight excluding hydrogens is 288 g/mol. The third-order valence-electron chi connectivity index (χ3n) is 4.80. The first-order valence-electron chi connectivity index (χ1n) is 8.56. The smallest absolute Gasteiger partial charge is 0.322 e. The summed E-state index contributed by atoms with van der Waals surface area (Å²) >= 11 is 0. The van der Waals surface area contributed by atoms with E-state index in [0.717, 1.165) is 13.0 Å². The standard InChI is InChI=1S/C19H30N2O2/c1-6-23-18(22)16(20)9-10-21-17-11-13(2)7-8-15(17)14(3)12-19(21,4)5/h7-8,11,14,16H,6,9-10,12,20H2,1-5H3. The Balaban J connectivity index is 2.21. The number of carbonyl (C=O) groups excluding carboxylic acids is 1. The molecule has 0 saturated carbocycles. The third kappa shape index (κ3) is 3.86. The number of hydrogen-bond donors (Lipinski definition) is 1. The van der Waals surface area contributed by atoms with E-state index in [1.807, 2.05) is 0 Å². The molecule has 0 aliphatic carbocycles. The van der Waals surface area contributed by atoms with E-state index in [9.17, 15) is 4.79 Å². The highest BCUT2D eigenvalue weighted by atomic mass is 16.5. The maximum absolute atomic E-state index is 11.8. The first-order valence-corrected chi connectivity index (χ1v) is 8.56. The Hall–Kier alpha value is -1.55. The van der Waals surface area contributed by atoms with Gasteiger partial charge in [0.15, 0.2) is 0 Å². The van der Waals surface area contributed by atoms with E-state index in [2.05, 4.69) is 50.8 Å². The van der Waals surface area contributed by atoms with Gasteiger partial charge >= 0.3 is 5.97 Å². The summed E-state index contributed by atoms with van der Waals surface area (Å²) in [5.74, 6) is 0.232. The highest BCUT2D eigenvalue weighted by Crippen LogP contribution is 2.43. The summed E-state index contributed by atoms with van der Waals surface area (Å²) in [5.41, 5.74) is 9.96. The second kappa shape index (κ2) is 6.91. The topological polar surface area (TPSA) is 55.6 Å². The summed E-state index contributed by atoms with van der Waals surface area (Å²) < 4.78 is 5.02. The molecule has 128 valence electrons. The third-order valence-corrected chi connectivity index (χ3v) is 4.80. The normalized spacial score (nSPS) is 20.8. The van der Waals surface area contributed by atoms with Crippen molar-refractivity contribution in [2.75, 3.05) is 18.1 Å². The number of rotatable bonds is 5. The number of ether oxygens (including phenoxy) is 1. The van der Waals surface area contributed by atoms with Crippen LogP contribution in [0.2, 0.25) is 0 Å². The van der Waals surface area contributed by atoms with Crippen LogP contribution in [0.25, 0.3) is 0 Å². The minimum Gasteiger partial charge on any atom is -0.465 e. The molecule has 0 bridgehead atoms. The minimum atomic E-state index is -0.557. The molecule has 1 aromatic rings. The number of aryl methyl sites for hydroxylation is 1. The zero-order chi connectivity index (χ0) is 17.2. The number of esters is 1. The van der Waals surface area contributed by atoms with Crippen LogP contribution >= 0.6 is 0 Å². The monoisotopic (exact) mass is 318 g/mol. The van der Waals surface area contributed by atoms with Gasteiger partial charge in [-0.1, -0.05) is 19.1 Å². The van der Waals surface area contributed by atoms with Crippen molar-refractivity contribution in [3.05, 3.63) is 29.3 Å². The quantitative estimate of drug-likeness (QED) is 0.846. The molecule has 0 spiro atoms. The van der Waals surface area contributed by atoms with Crippen LogP contribution in [0.15, 0.2) is 18.2 Å². The van der Waals surface area contributed by atoms with Gasteiger partial charge in [-0.25, -0.2) is 0 Å². The zero-order valence-electron chi connectivity index (χ0n) is 15.1. The summed E-state index contributed by atoms with van der Waals surface area (Å²) in [7, 11) is 0. The van der Waals surface area contributed by atoms with Gasteiger partial charge in [0.25, 0.3) is 0 Å². The Kier molecular flexibility index (Phi) is 5.35. The lowest BCUT2D eigenvalue weighted by atomic mass is 9.79. The fourth-order valence-electron chi connectivity index (χ4n) is 3.66. The molecule has 1 aliphatic rings. The lowest BCUT2D eigenvalue weighted by Crippen LogP contribution is -2.50. The maximum atomic E-state index is 11.8. The molecule has 2 atom stereocenters. The van der Waals surface area contributed by atoms with E-state index >= 15 is 0 Å². The summed E-state index contributed by atoms with van der Waals surface area (Å²) in [4.78, 5) is 14.2. The van der Waals surface area contributed by atoms with Gasteiger partial charge < -0.3 is 15.4 Å². The van der Waals surface area contributed by atoms with E-state index in [1.54, 1.807) is 6.92 Å². The summed E-state index contributed by atoms with van der Waals surface area (Å²) in [6, 6.07) is 6.11. The van der Waals surface area contributed by atoms with Crippen LogP contribution < -0.4 is 10.6 Å². The minimum absolute atomic E-state index is 0.0502. The van der Waals surface area contributed by atoms with Crippen molar-refractivity contribution in [2.24, 2.45) is 5.73 Å². The molecule has 2 unspecified atom stereocenters. The Morgan fingerprint density at radius 3 is 2.83 bits per heavy atom. The van der Waals surface area contributed by atoms with E-state index in [0.29, 0.717) is 18.9 Å². The SMILES string of the molecule is CCOC(=O)C(N)CCN1c2cc(C)ccc2C(C)CC1(C)C. The van der Waals surface area contributed by atoms with Gasteiger partial charge in [-0.05, 0) is 63.6 Å². The van der Waals surface area contributed by atoms with Crippen molar-refractivity contribution in [3.63, 3.8) is 0 Å². The van der Waals surface area contributed by atoms with Crippen LogP contribution in [0, 0.1) is 6.92 Å². The lowest BCUT2D eigenvalue weighted by molar-refractivity contribution is -0.144. The average Bonchev–Trinajstić information content (AvgIpc) is 2.45. The first kappa shape index (κ1) is 17.8. The number of carbonyl (C=O) groups is 1. The van der Waals surface area contributed by atoms with Gasteiger partial charge in [0.2, 0.25) is 0 Å². The molecular formula is C19H30N2O2. The predicted octanol–water partition coefficient (Wildman–Crippen LogP) is 3.37. The first-order chi connectivity index (χ1) is 10.8. The molecule has 0 saturated heterocycles. The van der Waals surface area contributed by atoms with Crippen LogP contribution in [0.5, 0.6) is 0 Å². The van der Waals surface area contributed by atoms with E-state index < -0.39 is 6.04 Å². The van der Waals surface area contributed by atoms with Crippen LogP contribution in [0.4, 0.5) is 5.69 Å². The van der Waals surface area contributed by atoms with Gasteiger partial charge in [0.1, 0.15) is 6.04 Å². The van der Waals surface area contributed by atoms with Gasteiger partial charge in [-0.3, -0.25) is 4.79 Å². The molecule has 0 radical (unpaired) electrons. The molecule has 23 heavy (non-hydrogen) atoms. The number of benzene rings is 1. The zero-order valence-corrected chi connectivity index (χ0v) is 15.1. The Morgan fingerprint density at radius 2 is 2.17 bits per heavy atom. The highest BCUT2D eigenvalue weighted by molar-refractivity contribution is 5.75. The molecule has 2 N–H and O–H groups in total. The lowest BCUT2D eigenvalue weighted by Gasteiger charge is -2.48. The van der Waals surface area contributed by atoms with Crippen molar-refractivity contribution in [3.8, 4) is 0 Å². The van der Waals surface area contributed by atoms with Crippen LogP contribution in [-0.2, 0) is 9.53 Å². The Labute approximate surface area is 140 Å². The van der Waals surface area contributed by atoms with E-state index in [4.69, 9.17) is 10.5 Å². The highest BCUT2D eigenvalue weighted by Gasteiger charge is 2.36. The van der Waals surface area contributed by atoms with Crippen molar-refractivity contribution >= 4 is 11.7 Å². The molecule has 1 heterocycles. The number of hydrogen-bond acceptors (Lipinski definition) is 4. The number of fused-ring (bicyclic) bond motifs is 1. The number of anilines is 1. The van der Waals surface area contributed by atoms with Gasteiger partial charge in [0, 0.05) is 17.8 Å². The van der Waals surface area contributed by atoms with E-state index in [1.165, 1.54) is 16.8 Å². The molecule has 0 amide bonds. The largest absolute Gasteiger partial charge is 0.465 e. The van der Waals surface area contributed by atoms with Crippen LogP contribution in [0.3, 0.4) is 0 Å². The molecule has 0 fully saturated rings. The summed E-state index contributed by atoms with van der Waals surface area (Å²) in [6.07, 6.45) is 1.70. The van der Waals surface area contributed by atoms with Crippen molar-refractivity contribution in [1.82, 2.24) is 0 Å². The second-order valence-corrected chi connectivity index (χ2v) is 7.28. The summed E-state index contributed by atoms with van der Waals surface area (Å²) in [5, 5.41) is 0. The second-order valence-electron chi connectivity index (χ2n) is 7.28. The molecule has 1 aliphatic heterocycles. The number of nitrogens with two attached hydrogens (primary N) is 1. The number of nitrogens with zero attached hydrogens (tertiary/aromatic N) is 1. The van der Waals surface area contributed by atoms with Crippen molar-refractivity contribution in [1.29, 1.82) is 0 Å². The van der Waals surface area contributed by atoms with Crippen molar-refractivity contribution < 1.29 is 9.53 Å². The molecule has 0 aromatic heterocycles. The molecule has 4 heteroatoms. The predicted molar refractivity (Wildman–Crippen MR) is 94.9 cm³/mol. The van der Waals surface area contributed by atoms with Crippen LogP contribution in [0.1, 0.15) is 57.6 Å². The van der Waals surface area contributed by atoms with Gasteiger partial charge in [-0.15, -0.1) is 0 Å². The fraction of sp³-hybridized carbons (Fsp3) is 0.632. The van der Waals surface area contributed by atoms with Crippen molar-refractivity contribution in [2.45, 2.75) is 65.0 Å². The average molecular weight is 318 g/mol. The van der Waals surface area contributed by atoms with Gasteiger partial charge in [-0.2, -0.15) is 0 Å².